The number of epoxide rings is 2. The van der Waals surface area contributed by atoms with E-state index in [0.29, 0.717) is 12.7 Å². The summed E-state index contributed by atoms with van der Waals surface area (Å²) in [5, 5.41) is 0. The van der Waals surface area contributed by atoms with Gasteiger partial charge in [0, 0.05) is 0 Å². The molecule has 2 heterocycles. The number of aryl methyl sites for hydroxylation is 1. The van der Waals surface area contributed by atoms with E-state index in [9.17, 15) is 0 Å². The van der Waals surface area contributed by atoms with Crippen LogP contribution in [0.5, 0.6) is 0 Å². The highest BCUT2D eigenvalue weighted by Gasteiger charge is 2.25. The summed E-state index contributed by atoms with van der Waals surface area (Å²) in [6.45, 7) is -1.61. The van der Waals surface area contributed by atoms with Gasteiger partial charge < -0.3 is 23.8 Å². The molecule has 7 heteroatoms. The maximum Gasteiger partial charge on any atom is 0.321 e. The monoisotopic (exact) mass is 318 g/mol. The van der Waals surface area contributed by atoms with Gasteiger partial charge in [-0.3, -0.25) is 0 Å². The minimum absolute atomic E-state index is 0.0339. The molecule has 20 heavy (non-hydrogen) atoms. The number of hydrogen-bond acceptors (Lipinski definition) is 4. The maximum absolute atomic E-state index is 8.50. The van der Waals surface area contributed by atoms with Crippen molar-refractivity contribution in [3.8, 4) is 0 Å². The summed E-state index contributed by atoms with van der Waals surface area (Å²) in [4.78, 5) is 17.0. The van der Waals surface area contributed by atoms with Gasteiger partial charge in [0.1, 0.15) is 6.10 Å². The summed E-state index contributed by atoms with van der Waals surface area (Å²) in [5.74, 6) is 0. The van der Waals surface area contributed by atoms with Crippen molar-refractivity contribution in [1.29, 1.82) is 0 Å². The van der Waals surface area contributed by atoms with E-state index in [1.54, 1.807) is 0 Å². The molecule has 3 rings (SSSR count). The van der Waals surface area contributed by atoms with Crippen molar-refractivity contribution in [2.24, 2.45) is 0 Å². The molecule has 0 bridgehead atoms. The van der Waals surface area contributed by atoms with Gasteiger partial charge in [0.05, 0.1) is 25.9 Å². The van der Waals surface area contributed by atoms with Crippen molar-refractivity contribution in [3.05, 3.63) is 35.9 Å². The Morgan fingerprint density at radius 3 is 2.25 bits per heavy atom. The van der Waals surface area contributed by atoms with Crippen LogP contribution in [-0.4, -0.2) is 41.8 Å². The zero-order valence-electron chi connectivity index (χ0n) is 11.1. The van der Waals surface area contributed by atoms with E-state index in [-0.39, 0.29) is 12.7 Å². The van der Waals surface area contributed by atoms with Crippen LogP contribution in [-0.2, 0) is 32.2 Å². The van der Waals surface area contributed by atoms with E-state index in [4.69, 9.17) is 19.3 Å². The topological polar surface area (TPSA) is 74.8 Å². The molecule has 2 fully saturated rings. The predicted octanol–water partition coefficient (Wildman–Crippen LogP) is 1.63. The second kappa shape index (κ2) is 7.61. The van der Waals surface area contributed by atoms with Crippen LogP contribution in [0.4, 0.5) is 0 Å². The SMILES string of the molecule is OP(O)(=S)OCC1CO1.c1ccc(CCC2CO2)cc1. The van der Waals surface area contributed by atoms with Crippen LogP contribution >= 0.6 is 6.72 Å². The molecule has 0 spiro atoms. The van der Waals surface area contributed by atoms with E-state index in [2.05, 4.69) is 46.7 Å². The summed E-state index contributed by atoms with van der Waals surface area (Å²) >= 11 is 4.18. The van der Waals surface area contributed by atoms with Crippen LogP contribution in [0.2, 0.25) is 0 Å². The molecule has 5 nitrogen and oxygen atoms in total. The quantitative estimate of drug-likeness (QED) is 0.613. The van der Waals surface area contributed by atoms with Crippen molar-refractivity contribution in [2.45, 2.75) is 25.0 Å². The first-order valence-corrected chi connectivity index (χ1v) is 9.13. The lowest BCUT2D eigenvalue weighted by Gasteiger charge is -2.04. The zero-order chi connectivity index (χ0) is 14.4. The van der Waals surface area contributed by atoms with Crippen molar-refractivity contribution < 1.29 is 23.8 Å². The van der Waals surface area contributed by atoms with Gasteiger partial charge in [-0.2, -0.15) is 0 Å². The molecule has 1 aromatic rings. The molecular weight excluding hydrogens is 299 g/mol. The average Bonchev–Trinajstić information content (AvgIpc) is 3.29. The Kier molecular flexibility index (Phi) is 6.11. The van der Waals surface area contributed by atoms with E-state index in [1.165, 1.54) is 12.0 Å². The Morgan fingerprint density at radius 2 is 1.75 bits per heavy atom. The van der Waals surface area contributed by atoms with Gasteiger partial charge >= 0.3 is 6.72 Å². The van der Waals surface area contributed by atoms with Crippen LogP contribution in [0.15, 0.2) is 30.3 Å². The van der Waals surface area contributed by atoms with Gasteiger partial charge in [0.25, 0.3) is 0 Å². The van der Waals surface area contributed by atoms with Crippen LogP contribution in [0.3, 0.4) is 0 Å². The molecule has 2 atom stereocenters. The smallest absolute Gasteiger partial charge is 0.321 e. The molecule has 0 aromatic heterocycles. The van der Waals surface area contributed by atoms with Gasteiger partial charge in [-0.25, -0.2) is 0 Å². The molecule has 0 amide bonds. The van der Waals surface area contributed by atoms with Crippen LogP contribution in [0.25, 0.3) is 0 Å². The van der Waals surface area contributed by atoms with Crippen molar-refractivity contribution in [3.63, 3.8) is 0 Å². The van der Waals surface area contributed by atoms with Crippen LogP contribution < -0.4 is 0 Å². The number of benzene rings is 1. The van der Waals surface area contributed by atoms with Crippen LogP contribution in [0.1, 0.15) is 12.0 Å². The Morgan fingerprint density at radius 1 is 1.15 bits per heavy atom. The number of hydrogen-bond donors (Lipinski definition) is 2. The lowest BCUT2D eigenvalue weighted by atomic mass is 10.1. The van der Waals surface area contributed by atoms with Gasteiger partial charge in [-0.1, -0.05) is 30.3 Å². The van der Waals surface area contributed by atoms with Gasteiger partial charge in [0.2, 0.25) is 0 Å². The second-order valence-electron chi connectivity index (χ2n) is 4.72. The Labute approximate surface area is 123 Å². The highest BCUT2D eigenvalue weighted by molar-refractivity contribution is 8.06. The minimum atomic E-state index is -3.43. The lowest BCUT2D eigenvalue weighted by molar-refractivity contribution is 0.222. The molecule has 112 valence electrons. The summed E-state index contributed by atoms with van der Waals surface area (Å²) in [7, 11) is 0. The van der Waals surface area contributed by atoms with E-state index < -0.39 is 6.72 Å². The summed E-state index contributed by atoms with van der Waals surface area (Å²) in [5.41, 5.74) is 1.42. The third-order valence-electron chi connectivity index (χ3n) is 2.83. The molecule has 0 radical (unpaired) electrons. The van der Waals surface area contributed by atoms with Crippen molar-refractivity contribution in [2.75, 3.05) is 19.8 Å². The fraction of sp³-hybridized carbons (Fsp3) is 0.538. The first-order valence-electron chi connectivity index (χ1n) is 6.50. The molecular formula is C13H19O5PS. The van der Waals surface area contributed by atoms with E-state index >= 15 is 0 Å². The second-order valence-corrected chi connectivity index (χ2v) is 7.39. The van der Waals surface area contributed by atoms with E-state index in [1.807, 2.05) is 0 Å². The van der Waals surface area contributed by atoms with E-state index in [0.717, 1.165) is 13.0 Å². The molecule has 2 N–H and O–H groups in total. The molecule has 0 aliphatic carbocycles. The summed E-state index contributed by atoms with van der Waals surface area (Å²) in [6.07, 6.45) is 2.94. The average molecular weight is 318 g/mol. The number of ether oxygens (including phenoxy) is 2. The van der Waals surface area contributed by atoms with Crippen molar-refractivity contribution in [1.82, 2.24) is 0 Å². The Balaban J connectivity index is 0.000000151. The third-order valence-corrected chi connectivity index (χ3v) is 3.63. The highest BCUT2D eigenvalue weighted by Crippen LogP contribution is 2.37. The molecule has 2 aliphatic rings. The first-order chi connectivity index (χ1) is 9.53. The molecule has 2 aliphatic heterocycles. The maximum atomic E-state index is 8.50. The normalized spacial score (nSPS) is 23.7. The third kappa shape index (κ3) is 8.07. The van der Waals surface area contributed by atoms with Crippen LogP contribution in [0, 0.1) is 0 Å². The van der Waals surface area contributed by atoms with Crippen molar-refractivity contribution >= 4 is 18.5 Å². The Hall–Kier alpha value is -0.330. The lowest BCUT2D eigenvalue weighted by Crippen LogP contribution is -1.98. The fourth-order valence-electron chi connectivity index (χ4n) is 1.55. The molecule has 0 saturated carbocycles. The Bertz CT molecular complexity index is 441. The molecule has 1 aromatic carbocycles. The highest BCUT2D eigenvalue weighted by atomic mass is 32.5. The summed E-state index contributed by atoms with van der Waals surface area (Å²) < 4.78 is 14.3. The number of rotatable bonds is 6. The van der Waals surface area contributed by atoms with Gasteiger partial charge in [-0.05, 0) is 30.2 Å². The fourth-order valence-corrected chi connectivity index (χ4v) is 2.09. The largest absolute Gasteiger partial charge is 0.373 e. The van der Waals surface area contributed by atoms with Gasteiger partial charge in [-0.15, -0.1) is 0 Å². The van der Waals surface area contributed by atoms with Gasteiger partial charge in [0.15, 0.2) is 0 Å². The summed E-state index contributed by atoms with van der Waals surface area (Å²) in [6, 6.07) is 10.6. The predicted molar refractivity (Wildman–Crippen MR) is 78.9 cm³/mol. The molecule has 2 saturated heterocycles. The minimum Gasteiger partial charge on any atom is -0.373 e. The first kappa shape index (κ1) is 16.0. The molecule has 2 unspecified atom stereocenters. The standard InChI is InChI=1S/C10H12O.C3H7O4PS/c1-2-4-9(5-3-1)6-7-10-8-11-10;4-8(5,9)7-2-3-1-6-3/h1-5,10H,6-8H2;3H,1-2H2,(H2,4,5,9). The zero-order valence-corrected chi connectivity index (χ0v) is 12.8.